The monoisotopic (exact) mass is 321 g/mol. The van der Waals surface area contributed by atoms with Crippen molar-refractivity contribution >= 4 is 12.2 Å². The van der Waals surface area contributed by atoms with E-state index in [0.29, 0.717) is 6.61 Å². The minimum Gasteiger partial charge on any atom is -0.465 e. The van der Waals surface area contributed by atoms with E-state index in [4.69, 9.17) is 4.74 Å². The molecule has 124 valence electrons. The number of carbonyl (C=O) groups is 1. The normalized spacial score (nSPS) is 30.4. The lowest BCUT2D eigenvalue weighted by molar-refractivity contribution is -0.152. The Labute approximate surface area is 143 Å². The molecule has 3 heteroatoms. The van der Waals surface area contributed by atoms with E-state index in [-0.39, 0.29) is 17.8 Å². The van der Waals surface area contributed by atoms with E-state index in [1.807, 2.05) is 13.1 Å². The van der Waals surface area contributed by atoms with Gasteiger partial charge in [0.25, 0.3) is 0 Å². The number of aliphatic imine (C=N–C) groups is 1. The van der Waals surface area contributed by atoms with E-state index in [0.717, 1.165) is 19.3 Å². The largest absolute Gasteiger partial charge is 0.465 e. The van der Waals surface area contributed by atoms with Gasteiger partial charge in [0.2, 0.25) is 0 Å². The van der Waals surface area contributed by atoms with Gasteiger partial charge in [-0.25, -0.2) is 0 Å². The number of carbonyl (C=O) groups excluding carboxylic acids is 1. The highest BCUT2D eigenvalue weighted by atomic mass is 16.5. The molecule has 3 nitrogen and oxygen atoms in total. The highest BCUT2D eigenvalue weighted by Gasteiger charge is 2.57. The van der Waals surface area contributed by atoms with Crippen LogP contribution in [0.5, 0.6) is 0 Å². The van der Waals surface area contributed by atoms with Crippen molar-refractivity contribution in [2.45, 2.75) is 38.0 Å². The van der Waals surface area contributed by atoms with Crippen molar-refractivity contribution in [3.8, 4) is 0 Å². The molecule has 5 rings (SSSR count). The molecule has 3 atom stereocenters. The van der Waals surface area contributed by atoms with E-state index in [9.17, 15) is 4.79 Å². The Morgan fingerprint density at radius 1 is 1.38 bits per heavy atom. The van der Waals surface area contributed by atoms with Crippen LogP contribution in [0, 0.1) is 5.41 Å². The summed E-state index contributed by atoms with van der Waals surface area (Å²) in [6, 6.07) is 8.59. The lowest BCUT2D eigenvalue weighted by Crippen LogP contribution is -2.49. The Morgan fingerprint density at radius 3 is 2.92 bits per heavy atom. The molecule has 0 fully saturated rings. The molecule has 4 aliphatic carbocycles. The molecule has 0 saturated heterocycles. The van der Waals surface area contributed by atoms with Crippen molar-refractivity contribution in [1.82, 2.24) is 0 Å². The van der Waals surface area contributed by atoms with Crippen LogP contribution in [0.25, 0.3) is 0 Å². The van der Waals surface area contributed by atoms with Gasteiger partial charge in [-0.15, -0.1) is 0 Å². The maximum Gasteiger partial charge on any atom is 0.318 e. The molecule has 0 radical (unpaired) electrons. The van der Waals surface area contributed by atoms with E-state index >= 15 is 0 Å². The zero-order valence-corrected chi connectivity index (χ0v) is 14.3. The van der Waals surface area contributed by atoms with E-state index in [1.165, 1.54) is 22.3 Å². The fourth-order valence-electron chi connectivity index (χ4n) is 4.94. The first-order valence-electron chi connectivity index (χ1n) is 8.81. The number of hydrogen-bond donors (Lipinski definition) is 0. The lowest BCUT2D eigenvalue weighted by atomic mass is 9.51. The summed E-state index contributed by atoms with van der Waals surface area (Å²) in [6.45, 7) is 2.28. The molecule has 0 heterocycles. The van der Waals surface area contributed by atoms with Crippen molar-refractivity contribution in [3.63, 3.8) is 0 Å². The van der Waals surface area contributed by atoms with Crippen LogP contribution in [0.4, 0.5) is 0 Å². The summed E-state index contributed by atoms with van der Waals surface area (Å²) in [5, 5.41) is 0. The SMILES string of the molecule is CCOC(=O)C1(C=NC)CC2C3=C(CCC=C3)C1c1ccccc12. The van der Waals surface area contributed by atoms with Crippen molar-refractivity contribution in [1.29, 1.82) is 0 Å². The van der Waals surface area contributed by atoms with Gasteiger partial charge in [0.05, 0.1) is 6.61 Å². The predicted molar refractivity (Wildman–Crippen MR) is 95.4 cm³/mol. The summed E-state index contributed by atoms with van der Waals surface area (Å²) >= 11 is 0. The zero-order valence-electron chi connectivity index (χ0n) is 14.3. The molecule has 24 heavy (non-hydrogen) atoms. The molecular weight excluding hydrogens is 298 g/mol. The molecule has 0 N–H and O–H groups in total. The second kappa shape index (κ2) is 5.73. The average Bonchev–Trinajstić information content (AvgIpc) is 2.62. The fourth-order valence-corrected chi connectivity index (χ4v) is 4.94. The van der Waals surface area contributed by atoms with Gasteiger partial charge in [-0.1, -0.05) is 42.0 Å². The number of fused-ring (bicyclic) bond motifs is 1. The van der Waals surface area contributed by atoms with Crippen LogP contribution in [-0.4, -0.2) is 25.8 Å². The third kappa shape index (κ3) is 1.97. The molecule has 4 aliphatic rings. The topological polar surface area (TPSA) is 38.7 Å². The van der Waals surface area contributed by atoms with E-state index in [2.05, 4.69) is 41.4 Å². The molecule has 1 aromatic rings. The second-order valence-corrected chi connectivity index (χ2v) is 6.89. The third-order valence-corrected chi connectivity index (χ3v) is 5.73. The van der Waals surface area contributed by atoms with Crippen LogP contribution in [-0.2, 0) is 9.53 Å². The molecule has 0 aliphatic heterocycles. The van der Waals surface area contributed by atoms with E-state index < -0.39 is 5.41 Å². The molecule has 0 amide bonds. The molecule has 0 saturated carbocycles. The van der Waals surface area contributed by atoms with Gasteiger partial charge in [0.1, 0.15) is 5.41 Å². The summed E-state index contributed by atoms with van der Waals surface area (Å²) in [5.74, 6) is 0.197. The van der Waals surface area contributed by atoms with Gasteiger partial charge < -0.3 is 4.74 Å². The summed E-state index contributed by atoms with van der Waals surface area (Å²) in [7, 11) is 1.76. The zero-order chi connectivity index (χ0) is 16.7. The van der Waals surface area contributed by atoms with Crippen LogP contribution >= 0.6 is 0 Å². The van der Waals surface area contributed by atoms with E-state index in [1.54, 1.807) is 7.05 Å². The first-order valence-corrected chi connectivity index (χ1v) is 8.81. The number of rotatable bonds is 3. The molecule has 3 unspecified atom stereocenters. The van der Waals surface area contributed by atoms with Gasteiger partial charge in [0.15, 0.2) is 0 Å². The third-order valence-electron chi connectivity index (χ3n) is 5.73. The van der Waals surface area contributed by atoms with Gasteiger partial charge >= 0.3 is 5.97 Å². The Kier molecular flexibility index (Phi) is 3.67. The minimum atomic E-state index is -0.659. The first kappa shape index (κ1) is 15.4. The quantitative estimate of drug-likeness (QED) is 0.619. The van der Waals surface area contributed by atoms with Crippen LogP contribution in [0.3, 0.4) is 0 Å². The molecule has 0 spiro atoms. The van der Waals surface area contributed by atoms with Gasteiger partial charge in [-0.3, -0.25) is 9.79 Å². The molecular formula is C21H23NO2. The maximum absolute atomic E-state index is 13.0. The van der Waals surface area contributed by atoms with Crippen molar-refractivity contribution < 1.29 is 9.53 Å². The first-order chi connectivity index (χ1) is 11.7. The Bertz CT molecular complexity index is 774. The fraction of sp³-hybridized carbons (Fsp3) is 0.429. The van der Waals surface area contributed by atoms with Gasteiger partial charge in [0, 0.05) is 25.1 Å². The highest BCUT2D eigenvalue weighted by Crippen LogP contribution is 2.62. The number of ether oxygens (including phenoxy) is 1. The van der Waals surface area contributed by atoms with Gasteiger partial charge in [-0.2, -0.15) is 0 Å². The smallest absolute Gasteiger partial charge is 0.318 e. The van der Waals surface area contributed by atoms with Crippen LogP contribution in [0.15, 0.2) is 52.6 Å². The van der Waals surface area contributed by atoms with Crippen LogP contribution in [0.1, 0.15) is 49.1 Å². The van der Waals surface area contributed by atoms with Crippen LogP contribution < -0.4 is 0 Å². The summed E-state index contributed by atoms with van der Waals surface area (Å²) in [6.07, 6.45) is 9.24. The van der Waals surface area contributed by atoms with Crippen molar-refractivity contribution in [2.24, 2.45) is 10.4 Å². The summed E-state index contributed by atoms with van der Waals surface area (Å²) < 4.78 is 5.51. The Morgan fingerprint density at radius 2 is 2.17 bits per heavy atom. The van der Waals surface area contributed by atoms with Crippen LogP contribution in [0.2, 0.25) is 0 Å². The van der Waals surface area contributed by atoms with Gasteiger partial charge in [-0.05, 0) is 42.9 Å². The van der Waals surface area contributed by atoms with Crippen molar-refractivity contribution in [3.05, 3.63) is 58.7 Å². The molecule has 0 aromatic heterocycles. The van der Waals surface area contributed by atoms with Crippen molar-refractivity contribution in [2.75, 3.05) is 13.7 Å². The molecule has 1 aromatic carbocycles. The number of esters is 1. The number of allylic oxidation sites excluding steroid dienone is 4. The Balaban J connectivity index is 1.95. The minimum absolute atomic E-state index is 0.0569. The maximum atomic E-state index is 13.0. The lowest BCUT2D eigenvalue weighted by Gasteiger charge is -2.51. The number of benzene rings is 1. The predicted octanol–water partition coefficient (Wildman–Crippen LogP) is 4.17. The Hall–Kier alpha value is -2.16. The standard InChI is InChI=1S/C21H23NO2/c1-3-24-20(23)21(13-22-2)12-18-14-8-4-6-10-16(14)19(21)17-11-7-5-9-15(17)18/h4-6,8-10,13,18-19H,3,7,11-12H2,1-2H3. The number of hydrogen-bond acceptors (Lipinski definition) is 3. The summed E-state index contributed by atoms with van der Waals surface area (Å²) in [4.78, 5) is 17.3. The number of nitrogens with zero attached hydrogens (tertiary/aromatic N) is 1. The second-order valence-electron chi connectivity index (χ2n) is 6.89. The highest BCUT2D eigenvalue weighted by molar-refractivity contribution is 5.98. The summed E-state index contributed by atoms with van der Waals surface area (Å²) in [5.41, 5.74) is 4.84. The molecule has 2 bridgehead atoms. The average molecular weight is 321 g/mol.